The van der Waals surface area contributed by atoms with Gasteiger partial charge in [-0.05, 0) is 42.3 Å². The largest absolute Gasteiger partial charge is 0.497 e. The number of hydrogen-bond acceptors (Lipinski definition) is 6. The van der Waals surface area contributed by atoms with E-state index in [0.717, 1.165) is 5.56 Å². The predicted molar refractivity (Wildman–Crippen MR) is 122 cm³/mol. The molecule has 8 heteroatoms. The first-order valence-electron chi connectivity index (χ1n) is 11.1. The summed E-state index contributed by atoms with van der Waals surface area (Å²) in [6.07, 6.45) is 0. The van der Waals surface area contributed by atoms with Gasteiger partial charge in [0.25, 0.3) is 5.91 Å². The summed E-state index contributed by atoms with van der Waals surface area (Å²) in [4.78, 5) is 28.3. The Kier molecular flexibility index (Phi) is 6.62. The van der Waals surface area contributed by atoms with Crippen molar-refractivity contribution in [1.82, 2.24) is 10.2 Å². The van der Waals surface area contributed by atoms with E-state index in [9.17, 15) is 9.59 Å². The van der Waals surface area contributed by atoms with Crippen LogP contribution in [0.15, 0.2) is 36.4 Å². The summed E-state index contributed by atoms with van der Waals surface area (Å²) in [5.74, 6) is 1.97. The highest BCUT2D eigenvalue weighted by atomic mass is 16.7. The molecule has 1 saturated heterocycles. The minimum absolute atomic E-state index is 0.0699. The second-order valence-corrected chi connectivity index (χ2v) is 8.74. The molecule has 1 fully saturated rings. The number of likely N-dealkylation sites (tertiary alicyclic amines) is 1. The lowest BCUT2D eigenvalue weighted by molar-refractivity contribution is -0.125. The van der Waals surface area contributed by atoms with Crippen LogP contribution in [0.4, 0.5) is 0 Å². The van der Waals surface area contributed by atoms with E-state index in [0.29, 0.717) is 54.1 Å². The third-order valence-corrected chi connectivity index (χ3v) is 6.08. The molecule has 2 atom stereocenters. The number of rotatable bonds is 7. The molecule has 2 aliphatic rings. The Bertz CT molecular complexity index is 1040. The van der Waals surface area contributed by atoms with Gasteiger partial charge in [0.1, 0.15) is 11.5 Å². The van der Waals surface area contributed by atoms with E-state index in [4.69, 9.17) is 18.9 Å². The molecule has 2 amide bonds. The van der Waals surface area contributed by atoms with Gasteiger partial charge < -0.3 is 29.2 Å². The number of nitrogens with zero attached hydrogens (tertiary/aromatic N) is 1. The molecular formula is C25H30N2O6. The summed E-state index contributed by atoms with van der Waals surface area (Å²) >= 11 is 0. The Morgan fingerprint density at radius 2 is 1.85 bits per heavy atom. The van der Waals surface area contributed by atoms with Gasteiger partial charge in [0.2, 0.25) is 12.7 Å². The average molecular weight is 455 g/mol. The smallest absolute Gasteiger partial charge is 0.254 e. The highest BCUT2D eigenvalue weighted by molar-refractivity contribution is 5.96. The molecule has 176 valence electrons. The van der Waals surface area contributed by atoms with Crippen molar-refractivity contribution in [3.63, 3.8) is 0 Å². The highest BCUT2D eigenvalue weighted by Crippen LogP contribution is 2.40. The predicted octanol–water partition coefficient (Wildman–Crippen LogP) is 3.06. The van der Waals surface area contributed by atoms with Crippen molar-refractivity contribution in [2.75, 3.05) is 40.6 Å². The van der Waals surface area contributed by atoms with Gasteiger partial charge in [-0.1, -0.05) is 13.8 Å². The van der Waals surface area contributed by atoms with Crippen LogP contribution in [0.2, 0.25) is 0 Å². The molecule has 2 aromatic rings. The van der Waals surface area contributed by atoms with Gasteiger partial charge in [-0.3, -0.25) is 9.59 Å². The number of nitrogens with one attached hydrogen (secondary N) is 1. The molecule has 0 aliphatic carbocycles. The fourth-order valence-corrected chi connectivity index (χ4v) is 4.33. The molecule has 2 aromatic carbocycles. The number of hydrogen-bond donors (Lipinski definition) is 1. The van der Waals surface area contributed by atoms with Gasteiger partial charge in [-0.15, -0.1) is 0 Å². The van der Waals surface area contributed by atoms with Crippen LogP contribution in [0.5, 0.6) is 23.0 Å². The van der Waals surface area contributed by atoms with Crippen LogP contribution >= 0.6 is 0 Å². The van der Waals surface area contributed by atoms with Gasteiger partial charge in [-0.2, -0.15) is 0 Å². The van der Waals surface area contributed by atoms with Gasteiger partial charge in [0.15, 0.2) is 11.5 Å². The Morgan fingerprint density at radius 3 is 2.58 bits per heavy atom. The number of carbonyl (C=O) groups is 2. The molecule has 2 aliphatic heterocycles. The molecule has 0 aromatic heterocycles. The van der Waals surface area contributed by atoms with Crippen LogP contribution < -0.4 is 24.3 Å². The molecule has 0 unspecified atom stereocenters. The van der Waals surface area contributed by atoms with E-state index in [-0.39, 0.29) is 24.5 Å². The molecule has 0 spiro atoms. The molecule has 0 radical (unpaired) electrons. The third kappa shape index (κ3) is 4.69. The van der Waals surface area contributed by atoms with Gasteiger partial charge in [-0.25, -0.2) is 0 Å². The zero-order valence-corrected chi connectivity index (χ0v) is 19.4. The molecule has 1 N–H and O–H groups in total. The van der Waals surface area contributed by atoms with Gasteiger partial charge >= 0.3 is 0 Å². The minimum Gasteiger partial charge on any atom is -0.497 e. The van der Waals surface area contributed by atoms with Crippen LogP contribution in [-0.4, -0.2) is 57.4 Å². The second-order valence-electron chi connectivity index (χ2n) is 8.74. The van der Waals surface area contributed by atoms with E-state index in [1.165, 1.54) is 0 Å². The summed E-state index contributed by atoms with van der Waals surface area (Å²) in [5, 5.41) is 3.04. The van der Waals surface area contributed by atoms with Crippen molar-refractivity contribution in [1.29, 1.82) is 0 Å². The molecule has 2 heterocycles. The number of amides is 2. The Labute approximate surface area is 193 Å². The van der Waals surface area contributed by atoms with Gasteiger partial charge in [0, 0.05) is 36.7 Å². The Morgan fingerprint density at radius 1 is 1.06 bits per heavy atom. The topological polar surface area (TPSA) is 86.3 Å². The van der Waals surface area contributed by atoms with Crippen LogP contribution in [0, 0.1) is 11.8 Å². The maximum Gasteiger partial charge on any atom is 0.254 e. The number of methoxy groups -OCH3 is 2. The number of carbonyl (C=O) groups excluding carboxylic acids is 2. The summed E-state index contributed by atoms with van der Waals surface area (Å²) < 4.78 is 21.8. The fourth-order valence-electron chi connectivity index (χ4n) is 4.33. The standard InChI is InChI=1S/C25H30N2O6/c1-15(2)11-26-24(28)20-13-27(25(29)16-5-7-22-23(9-16)33-14-32-22)12-19(20)18-10-17(30-3)6-8-21(18)31-4/h5-10,15,19-20H,11-14H2,1-4H3,(H,26,28)/t19-,20+/m0/s1. The third-order valence-electron chi connectivity index (χ3n) is 6.08. The van der Waals surface area contributed by atoms with Crippen molar-refractivity contribution in [3.05, 3.63) is 47.5 Å². The number of fused-ring (bicyclic) bond motifs is 1. The van der Waals surface area contributed by atoms with Crippen molar-refractivity contribution in [3.8, 4) is 23.0 Å². The molecule has 4 rings (SSSR count). The van der Waals surface area contributed by atoms with E-state index in [1.807, 2.05) is 32.0 Å². The molecular weight excluding hydrogens is 424 g/mol. The molecule has 0 bridgehead atoms. The zero-order chi connectivity index (χ0) is 23.5. The SMILES string of the molecule is COc1ccc(OC)c([C@@H]2CN(C(=O)c3ccc4c(c3)OCO4)C[C@H]2C(=O)NCC(C)C)c1. The maximum atomic E-state index is 13.4. The first kappa shape index (κ1) is 22.8. The Balaban J connectivity index is 1.64. The lowest BCUT2D eigenvalue weighted by atomic mass is 9.87. The lowest BCUT2D eigenvalue weighted by Crippen LogP contribution is -2.37. The van der Waals surface area contributed by atoms with E-state index in [2.05, 4.69) is 5.32 Å². The second kappa shape index (κ2) is 9.60. The van der Waals surface area contributed by atoms with Crippen molar-refractivity contribution < 1.29 is 28.5 Å². The van der Waals surface area contributed by atoms with Crippen molar-refractivity contribution in [2.45, 2.75) is 19.8 Å². The van der Waals surface area contributed by atoms with E-state index in [1.54, 1.807) is 37.3 Å². The van der Waals surface area contributed by atoms with E-state index < -0.39 is 5.92 Å². The fraction of sp³-hybridized carbons (Fsp3) is 0.440. The first-order chi connectivity index (χ1) is 15.9. The molecule has 8 nitrogen and oxygen atoms in total. The Hall–Kier alpha value is -3.42. The van der Waals surface area contributed by atoms with Crippen LogP contribution in [0.1, 0.15) is 35.7 Å². The van der Waals surface area contributed by atoms with Crippen molar-refractivity contribution in [2.24, 2.45) is 11.8 Å². The van der Waals surface area contributed by atoms with Crippen LogP contribution in [0.3, 0.4) is 0 Å². The molecule has 0 saturated carbocycles. The monoisotopic (exact) mass is 454 g/mol. The van der Waals surface area contributed by atoms with Crippen LogP contribution in [0.25, 0.3) is 0 Å². The summed E-state index contributed by atoms with van der Waals surface area (Å²) in [7, 11) is 3.20. The van der Waals surface area contributed by atoms with Gasteiger partial charge in [0.05, 0.1) is 20.1 Å². The summed E-state index contributed by atoms with van der Waals surface area (Å²) in [6, 6.07) is 10.7. The first-order valence-corrected chi connectivity index (χ1v) is 11.1. The van der Waals surface area contributed by atoms with E-state index >= 15 is 0 Å². The average Bonchev–Trinajstić information content (AvgIpc) is 3.48. The summed E-state index contributed by atoms with van der Waals surface area (Å²) in [5.41, 5.74) is 1.35. The zero-order valence-electron chi connectivity index (χ0n) is 19.4. The number of benzene rings is 2. The highest BCUT2D eigenvalue weighted by Gasteiger charge is 2.42. The number of ether oxygens (including phenoxy) is 4. The van der Waals surface area contributed by atoms with Crippen LogP contribution in [-0.2, 0) is 4.79 Å². The lowest BCUT2D eigenvalue weighted by Gasteiger charge is -2.21. The quantitative estimate of drug-likeness (QED) is 0.692. The normalized spacial score (nSPS) is 19.0. The minimum atomic E-state index is -0.414. The van der Waals surface area contributed by atoms with Crippen molar-refractivity contribution >= 4 is 11.8 Å². The maximum absolute atomic E-state index is 13.4. The summed E-state index contributed by atoms with van der Waals surface area (Å²) in [6.45, 7) is 5.51. The molecule has 33 heavy (non-hydrogen) atoms.